The van der Waals surface area contributed by atoms with Crippen LogP contribution in [-0.2, 0) is 0 Å². The normalized spacial score (nSPS) is 13.0. The Morgan fingerprint density at radius 1 is 1.07 bits per heavy atom. The quantitative estimate of drug-likeness (QED) is 0.0665. The van der Waals surface area contributed by atoms with E-state index in [1.807, 2.05) is 43.2 Å². The van der Waals surface area contributed by atoms with Gasteiger partial charge in [0.1, 0.15) is 0 Å². The number of hydrogen-bond acceptors (Lipinski definition) is 5. The first-order valence-electron chi connectivity index (χ1n) is 15.0. The molecule has 0 amide bonds. The Kier molecular flexibility index (Phi) is 24.2. The van der Waals surface area contributed by atoms with Crippen molar-refractivity contribution in [1.29, 1.82) is 0 Å². The zero-order valence-corrected chi connectivity index (χ0v) is 27.4. The summed E-state index contributed by atoms with van der Waals surface area (Å²) in [6.07, 6.45) is 23.6. The lowest BCUT2D eigenvalue weighted by molar-refractivity contribution is 0.606. The van der Waals surface area contributed by atoms with E-state index in [0.717, 1.165) is 38.8 Å². The SMILES string of the molecule is C=C/C=C\C=C(/C)CCC=C.C=CNCCC(/C(=C/NC)CN)=C(\CCCCC(C)c1ccccc1NCC)SC. The van der Waals surface area contributed by atoms with E-state index in [1.54, 1.807) is 12.3 Å². The average Bonchev–Trinajstić information content (AvgIpc) is 2.98. The molecular formula is C36H58N4S. The summed E-state index contributed by atoms with van der Waals surface area (Å²) in [5.74, 6) is 0.557. The first-order valence-corrected chi connectivity index (χ1v) is 16.2. The number of benzene rings is 1. The lowest BCUT2D eigenvalue weighted by Gasteiger charge is -2.19. The van der Waals surface area contributed by atoms with E-state index >= 15 is 0 Å². The predicted octanol–water partition coefficient (Wildman–Crippen LogP) is 9.23. The number of nitrogens with two attached hydrogens (primary N) is 1. The zero-order valence-electron chi connectivity index (χ0n) is 26.6. The van der Waals surface area contributed by atoms with Gasteiger partial charge in [-0.3, -0.25) is 0 Å². The van der Waals surface area contributed by atoms with Crippen molar-refractivity contribution in [3.8, 4) is 0 Å². The summed E-state index contributed by atoms with van der Waals surface area (Å²) in [6.45, 7) is 20.0. The Balaban J connectivity index is 0.00000122. The molecule has 1 atom stereocenters. The molecule has 5 heteroatoms. The summed E-state index contributed by atoms with van der Waals surface area (Å²) in [7, 11) is 1.93. The predicted molar refractivity (Wildman–Crippen MR) is 190 cm³/mol. The summed E-state index contributed by atoms with van der Waals surface area (Å²) in [6, 6.07) is 8.71. The highest BCUT2D eigenvalue weighted by atomic mass is 32.2. The van der Waals surface area contributed by atoms with Crippen LogP contribution in [0.15, 0.2) is 108 Å². The second-order valence-corrected chi connectivity index (χ2v) is 10.8. The van der Waals surface area contributed by atoms with Crippen LogP contribution in [0.5, 0.6) is 0 Å². The summed E-state index contributed by atoms with van der Waals surface area (Å²) in [5.41, 5.74) is 12.7. The number of rotatable bonds is 21. The first-order chi connectivity index (χ1) is 19.9. The molecule has 228 valence electrons. The Morgan fingerprint density at radius 3 is 2.44 bits per heavy atom. The number of unbranched alkanes of at least 4 members (excludes halogenated alkanes) is 1. The van der Waals surface area contributed by atoms with Gasteiger partial charge in [0.25, 0.3) is 0 Å². The summed E-state index contributed by atoms with van der Waals surface area (Å²) < 4.78 is 0. The topological polar surface area (TPSA) is 62.1 Å². The molecule has 1 unspecified atom stereocenters. The average molecular weight is 579 g/mol. The molecule has 0 saturated carbocycles. The molecule has 0 aliphatic carbocycles. The number of hydrogen-bond donors (Lipinski definition) is 4. The molecule has 1 rings (SSSR count). The van der Waals surface area contributed by atoms with Gasteiger partial charge in [0.2, 0.25) is 0 Å². The van der Waals surface area contributed by atoms with Crippen LogP contribution in [0, 0.1) is 0 Å². The van der Waals surface area contributed by atoms with Crippen molar-refractivity contribution in [3.05, 3.63) is 114 Å². The standard InChI is InChI=1S/C25H42N4S.C11H16/c1-6-28-17-16-23(21(18-26)19-27-4)25(30-5)15-11-8-12-20(3)22-13-9-10-14-24(22)29-7-2;1-4-6-8-10-11(3)9-7-5-2/h6,9-10,13-14,19-20,27-29H,1,7-8,11-12,15-18,26H2,2-5H3;4-6,8,10H,1-2,7,9H2,3H3/b21-19+,25-23-;8-6-,11-10+. The van der Waals surface area contributed by atoms with E-state index in [2.05, 4.69) is 93.1 Å². The molecule has 1 aromatic carbocycles. The van der Waals surface area contributed by atoms with Crippen LogP contribution in [0.3, 0.4) is 0 Å². The van der Waals surface area contributed by atoms with E-state index < -0.39 is 0 Å². The van der Waals surface area contributed by atoms with Crippen LogP contribution in [0.4, 0.5) is 5.69 Å². The van der Waals surface area contributed by atoms with Crippen molar-refractivity contribution >= 4 is 17.4 Å². The molecule has 0 aromatic heterocycles. The van der Waals surface area contributed by atoms with Crippen LogP contribution >= 0.6 is 11.8 Å². The minimum Gasteiger partial charge on any atom is -0.394 e. The molecule has 5 N–H and O–H groups in total. The summed E-state index contributed by atoms with van der Waals surface area (Å²) >= 11 is 1.86. The van der Waals surface area contributed by atoms with Crippen molar-refractivity contribution in [1.82, 2.24) is 10.6 Å². The minimum absolute atomic E-state index is 0.548. The third-order valence-corrected chi connectivity index (χ3v) is 7.64. The fraction of sp³-hybridized carbons (Fsp3) is 0.444. The molecule has 0 saturated heterocycles. The van der Waals surface area contributed by atoms with Crippen molar-refractivity contribution in [2.45, 2.75) is 71.6 Å². The van der Waals surface area contributed by atoms with Crippen LogP contribution in [-0.4, -0.2) is 32.9 Å². The van der Waals surface area contributed by atoms with E-state index in [0.29, 0.717) is 12.5 Å². The maximum atomic E-state index is 6.06. The molecule has 0 fully saturated rings. The Bertz CT molecular complexity index is 987. The van der Waals surface area contributed by atoms with Crippen LogP contribution < -0.4 is 21.7 Å². The largest absolute Gasteiger partial charge is 0.394 e. The van der Waals surface area contributed by atoms with Gasteiger partial charge in [0.05, 0.1) is 0 Å². The third-order valence-electron chi connectivity index (χ3n) is 6.69. The third kappa shape index (κ3) is 17.5. The van der Waals surface area contributed by atoms with Gasteiger partial charge < -0.3 is 21.7 Å². The number of thioether (sulfide) groups is 1. The lowest BCUT2D eigenvalue weighted by atomic mass is 9.93. The fourth-order valence-electron chi connectivity index (χ4n) is 4.48. The molecule has 0 bridgehead atoms. The smallest absolute Gasteiger partial charge is 0.0375 e. The Hall–Kier alpha value is -2.89. The van der Waals surface area contributed by atoms with Gasteiger partial charge in [-0.15, -0.1) is 18.3 Å². The fourth-order valence-corrected chi connectivity index (χ4v) is 5.31. The minimum atomic E-state index is 0.548. The molecule has 1 aromatic rings. The molecular weight excluding hydrogens is 520 g/mol. The van der Waals surface area contributed by atoms with Gasteiger partial charge in [-0.25, -0.2) is 0 Å². The van der Waals surface area contributed by atoms with Crippen molar-refractivity contribution < 1.29 is 0 Å². The number of para-hydroxylation sites is 1. The van der Waals surface area contributed by atoms with Gasteiger partial charge in [-0.05, 0) is 98.4 Å². The van der Waals surface area contributed by atoms with E-state index in [1.165, 1.54) is 52.1 Å². The maximum Gasteiger partial charge on any atom is 0.0375 e. The maximum absolute atomic E-state index is 6.06. The number of nitrogens with one attached hydrogen (secondary N) is 3. The number of allylic oxidation sites excluding steroid dienone is 7. The van der Waals surface area contributed by atoms with E-state index in [4.69, 9.17) is 5.73 Å². The zero-order chi connectivity index (χ0) is 30.7. The molecule has 0 heterocycles. The summed E-state index contributed by atoms with van der Waals surface area (Å²) in [5, 5.41) is 9.87. The molecule has 0 aliphatic heterocycles. The molecule has 0 aliphatic rings. The van der Waals surface area contributed by atoms with E-state index in [-0.39, 0.29) is 0 Å². The van der Waals surface area contributed by atoms with Crippen LogP contribution in [0.2, 0.25) is 0 Å². The second kappa shape index (κ2) is 26.0. The van der Waals surface area contributed by atoms with Crippen molar-refractivity contribution in [3.63, 3.8) is 0 Å². The lowest BCUT2D eigenvalue weighted by Crippen LogP contribution is -2.15. The van der Waals surface area contributed by atoms with Crippen LogP contribution in [0.25, 0.3) is 0 Å². The molecule has 0 spiro atoms. The second-order valence-electron chi connectivity index (χ2n) is 9.90. The van der Waals surface area contributed by atoms with Gasteiger partial charge in [0.15, 0.2) is 0 Å². The highest BCUT2D eigenvalue weighted by Crippen LogP contribution is 2.32. The monoisotopic (exact) mass is 578 g/mol. The first kappa shape index (κ1) is 38.1. The molecule has 0 radical (unpaired) electrons. The molecule has 41 heavy (non-hydrogen) atoms. The van der Waals surface area contributed by atoms with Crippen LogP contribution in [0.1, 0.15) is 77.2 Å². The molecule has 4 nitrogen and oxygen atoms in total. The van der Waals surface area contributed by atoms with Gasteiger partial charge in [-0.2, -0.15) is 0 Å². The highest BCUT2D eigenvalue weighted by Gasteiger charge is 2.13. The van der Waals surface area contributed by atoms with E-state index in [9.17, 15) is 0 Å². The van der Waals surface area contributed by atoms with Gasteiger partial charge in [0, 0.05) is 38.6 Å². The van der Waals surface area contributed by atoms with Gasteiger partial charge >= 0.3 is 0 Å². The van der Waals surface area contributed by atoms with Crippen molar-refractivity contribution in [2.75, 3.05) is 38.3 Å². The van der Waals surface area contributed by atoms with Crippen molar-refractivity contribution in [2.24, 2.45) is 5.73 Å². The Morgan fingerprint density at radius 2 is 1.83 bits per heavy atom. The summed E-state index contributed by atoms with van der Waals surface area (Å²) in [4.78, 5) is 1.45. The Labute approximate surface area is 257 Å². The highest BCUT2D eigenvalue weighted by molar-refractivity contribution is 8.02. The van der Waals surface area contributed by atoms with Gasteiger partial charge in [-0.1, -0.05) is 80.7 Å². The number of anilines is 1.